The van der Waals surface area contributed by atoms with E-state index in [0.717, 1.165) is 5.69 Å². The van der Waals surface area contributed by atoms with Gasteiger partial charge in [-0.25, -0.2) is 19.7 Å². The number of carbonyl (C=O) groups is 1. The summed E-state index contributed by atoms with van der Waals surface area (Å²) in [6, 6.07) is 7.50. The van der Waals surface area contributed by atoms with Gasteiger partial charge in [0, 0.05) is 18.3 Å². The number of aromatic nitrogens is 4. The molecule has 3 heterocycles. The maximum atomic E-state index is 12.4. The molecule has 4 atom stereocenters. The van der Waals surface area contributed by atoms with Gasteiger partial charge in [0.2, 0.25) is 0 Å². The van der Waals surface area contributed by atoms with Crippen LogP contribution in [0, 0.1) is 0 Å². The third kappa shape index (κ3) is 5.88. The zero-order valence-electron chi connectivity index (χ0n) is 22.5. The largest absolute Gasteiger partial charge is 0.385 e. The van der Waals surface area contributed by atoms with E-state index < -0.39 is 17.9 Å². The number of nitrogens with two attached hydrogens (primary N) is 1. The summed E-state index contributed by atoms with van der Waals surface area (Å²) in [7, 11) is 1.90. The number of carbonyl (C=O) groups excluding carboxylic acids is 1. The molecular weight excluding hydrogens is 488 g/mol. The lowest BCUT2D eigenvalue weighted by atomic mass is 9.87. The molecule has 12 heteroatoms. The minimum absolute atomic E-state index is 0.0525. The van der Waals surface area contributed by atoms with Gasteiger partial charge in [0.25, 0.3) is 0 Å². The first kappa shape index (κ1) is 27.7. The number of nitrogens with one attached hydrogen (secondary N) is 2. The van der Waals surface area contributed by atoms with Crippen molar-refractivity contribution in [1.82, 2.24) is 29.7 Å². The summed E-state index contributed by atoms with van der Waals surface area (Å²) in [5, 5.41) is 28.1. The second-order valence-electron chi connectivity index (χ2n) is 11.1. The second kappa shape index (κ2) is 10.8. The van der Waals surface area contributed by atoms with Crippen LogP contribution in [0.5, 0.6) is 0 Å². The van der Waals surface area contributed by atoms with Crippen molar-refractivity contribution < 1.29 is 19.7 Å². The Hall–Kier alpha value is -3.32. The van der Waals surface area contributed by atoms with Crippen LogP contribution in [0.1, 0.15) is 39.7 Å². The van der Waals surface area contributed by atoms with Crippen LogP contribution >= 0.6 is 0 Å². The minimum Gasteiger partial charge on any atom is -0.385 e. The van der Waals surface area contributed by atoms with Crippen LogP contribution in [-0.2, 0) is 15.9 Å². The van der Waals surface area contributed by atoms with Crippen molar-refractivity contribution in [2.45, 2.75) is 63.5 Å². The third-order valence-electron chi connectivity index (χ3n) is 6.94. The molecule has 3 aromatic rings. The molecule has 1 aromatic carbocycles. The van der Waals surface area contributed by atoms with E-state index in [0.29, 0.717) is 30.7 Å². The molecule has 0 saturated carbocycles. The topological polar surface area (TPSA) is 164 Å². The summed E-state index contributed by atoms with van der Waals surface area (Å²) < 4.78 is 7.16. The predicted molar refractivity (Wildman–Crippen MR) is 145 cm³/mol. The first-order chi connectivity index (χ1) is 17.9. The number of hydrogen-bond donors (Lipinski definition) is 5. The number of likely N-dealkylation sites (N-methyl/N-ethyl adjacent to an activating group) is 1. The number of aliphatic hydroxyl groups excluding tert-OH is 1. The molecule has 4 rings (SSSR count). The highest BCUT2D eigenvalue weighted by Crippen LogP contribution is 2.32. The number of aliphatic hydroxyl groups is 2. The van der Waals surface area contributed by atoms with Crippen molar-refractivity contribution in [3.63, 3.8) is 0 Å². The first-order valence-corrected chi connectivity index (χ1v) is 12.7. The molecule has 0 bridgehead atoms. The standard InChI is InChI=1S/C26H38N8O4/c1-16(31-24(36)32-18-8-6-17(7-9-18)25(2,3)4)10-11-33(5)12-19-21(35)26(37,13-38-19)34-15-30-20-22(27)28-14-29-23(20)34/h6-9,14-16,19,21,35,37H,10-13H2,1-5H3,(H2,27,28,29)(H2,31,32,36)/t16?,19-,21-,26-/m1/s1. The van der Waals surface area contributed by atoms with E-state index in [1.54, 1.807) is 0 Å². The third-order valence-corrected chi connectivity index (χ3v) is 6.94. The van der Waals surface area contributed by atoms with Crippen LogP contribution in [0.2, 0.25) is 0 Å². The fourth-order valence-electron chi connectivity index (χ4n) is 4.53. The van der Waals surface area contributed by atoms with Crippen molar-refractivity contribution in [2.75, 3.05) is 37.8 Å². The summed E-state index contributed by atoms with van der Waals surface area (Å²) >= 11 is 0. The summed E-state index contributed by atoms with van der Waals surface area (Å²) in [5.74, 6) is 0.192. The predicted octanol–water partition coefficient (Wildman–Crippen LogP) is 1.64. The molecule has 0 radical (unpaired) electrons. The van der Waals surface area contributed by atoms with Crippen LogP contribution in [0.15, 0.2) is 36.9 Å². The smallest absolute Gasteiger partial charge is 0.319 e. The Labute approximate surface area is 222 Å². The van der Waals surface area contributed by atoms with E-state index >= 15 is 0 Å². The van der Waals surface area contributed by atoms with Crippen LogP contribution in [0.25, 0.3) is 11.2 Å². The number of nitrogen functional groups attached to an aromatic ring is 1. The highest BCUT2D eigenvalue weighted by Gasteiger charge is 2.50. The molecule has 0 aliphatic carbocycles. The molecule has 38 heavy (non-hydrogen) atoms. The number of urea groups is 1. The van der Waals surface area contributed by atoms with E-state index in [2.05, 4.69) is 46.4 Å². The molecule has 206 valence electrons. The quantitative estimate of drug-likeness (QED) is 0.293. The van der Waals surface area contributed by atoms with E-state index in [4.69, 9.17) is 10.5 Å². The molecule has 0 spiro atoms. The second-order valence-corrected chi connectivity index (χ2v) is 11.1. The zero-order chi connectivity index (χ0) is 27.7. The average Bonchev–Trinajstić information content (AvgIpc) is 3.41. The van der Waals surface area contributed by atoms with Crippen LogP contribution in [-0.4, -0.2) is 85.7 Å². The Morgan fingerprint density at radius 2 is 2.00 bits per heavy atom. The van der Waals surface area contributed by atoms with E-state index in [1.807, 2.05) is 43.1 Å². The minimum atomic E-state index is -1.74. The monoisotopic (exact) mass is 526 g/mol. The lowest BCUT2D eigenvalue weighted by Crippen LogP contribution is -2.48. The molecule has 12 nitrogen and oxygen atoms in total. The Morgan fingerprint density at radius 3 is 2.68 bits per heavy atom. The lowest BCUT2D eigenvalue weighted by molar-refractivity contribution is -0.108. The van der Waals surface area contributed by atoms with Gasteiger partial charge in [0.15, 0.2) is 17.2 Å². The number of imidazole rings is 1. The molecule has 2 aromatic heterocycles. The van der Waals surface area contributed by atoms with Crippen LogP contribution < -0.4 is 16.4 Å². The van der Waals surface area contributed by atoms with Gasteiger partial charge >= 0.3 is 6.03 Å². The summed E-state index contributed by atoms with van der Waals surface area (Å²) in [4.78, 5) is 26.7. The fourth-order valence-corrected chi connectivity index (χ4v) is 4.53. The summed E-state index contributed by atoms with van der Waals surface area (Å²) in [6.45, 7) is 9.28. The molecule has 2 amide bonds. The van der Waals surface area contributed by atoms with Gasteiger partial charge in [0.05, 0.1) is 12.9 Å². The Bertz CT molecular complexity index is 1260. The number of anilines is 2. The summed E-state index contributed by atoms with van der Waals surface area (Å²) in [5.41, 5.74) is 6.77. The number of hydrogen-bond acceptors (Lipinski definition) is 9. The molecule has 1 fully saturated rings. The normalized spacial score (nSPS) is 22.6. The van der Waals surface area contributed by atoms with E-state index in [-0.39, 0.29) is 29.9 Å². The molecule has 1 saturated heterocycles. The number of nitrogens with zero attached hydrogens (tertiary/aromatic N) is 5. The molecular formula is C26H38N8O4. The van der Waals surface area contributed by atoms with E-state index in [1.165, 1.54) is 22.8 Å². The van der Waals surface area contributed by atoms with Crippen molar-refractivity contribution >= 4 is 28.7 Å². The van der Waals surface area contributed by atoms with Crippen LogP contribution in [0.3, 0.4) is 0 Å². The van der Waals surface area contributed by atoms with Gasteiger partial charge in [-0.2, -0.15) is 0 Å². The lowest BCUT2D eigenvalue weighted by Gasteiger charge is -2.29. The van der Waals surface area contributed by atoms with Crippen LogP contribution in [0.4, 0.5) is 16.3 Å². The highest BCUT2D eigenvalue weighted by atomic mass is 16.5. The zero-order valence-corrected chi connectivity index (χ0v) is 22.5. The molecule has 1 aliphatic rings. The Kier molecular flexibility index (Phi) is 7.88. The number of ether oxygens (including phenoxy) is 1. The van der Waals surface area contributed by atoms with Gasteiger partial charge in [-0.15, -0.1) is 0 Å². The molecule has 1 aliphatic heterocycles. The highest BCUT2D eigenvalue weighted by molar-refractivity contribution is 5.89. The Morgan fingerprint density at radius 1 is 1.29 bits per heavy atom. The van der Waals surface area contributed by atoms with Crippen molar-refractivity contribution in [3.05, 3.63) is 42.5 Å². The van der Waals surface area contributed by atoms with Crippen molar-refractivity contribution in [2.24, 2.45) is 0 Å². The number of benzene rings is 1. The maximum absolute atomic E-state index is 12.4. The number of fused-ring (bicyclic) bond motifs is 1. The van der Waals surface area contributed by atoms with Crippen molar-refractivity contribution in [1.29, 1.82) is 0 Å². The van der Waals surface area contributed by atoms with Gasteiger partial charge in [-0.1, -0.05) is 32.9 Å². The van der Waals surface area contributed by atoms with Gasteiger partial charge in [0.1, 0.15) is 24.1 Å². The molecule has 1 unspecified atom stereocenters. The van der Waals surface area contributed by atoms with Crippen molar-refractivity contribution in [3.8, 4) is 0 Å². The van der Waals surface area contributed by atoms with Gasteiger partial charge in [-0.3, -0.25) is 4.57 Å². The number of rotatable bonds is 8. The maximum Gasteiger partial charge on any atom is 0.319 e. The Balaban J connectivity index is 1.25. The van der Waals surface area contributed by atoms with E-state index in [9.17, 15) is 15.0 Å². The number of amides is 2. The molecule has 6 N–H and O–H groups in total. The average molecular weight is 527 g/mol. The fraction of sp³-hybridized carbons (Fsp3) is 0.538. The summed E-state index contributed by atoms with van der Waals surface area (Å²) in [6.07, 6.45) is 1.49. The van der Waals surface area contributed by atoms with Gasteiger partial charge in [-0.05, 0) is 50.0 Å². The first-order valence-electron chi connectivity index (χ1n) is 12.7. The SMILES string of the molecule is CC(CCN(C)C[C@H]1OC[C@](O)(n2cnc3c(N)ncnc32)[C@@H]1O)NC(=O)Nc1ccc(C(C)(C)C)cc1. The van der Waals surface area contributed by atoms with Gasteiger partial charge < -0.3 is 36.2 Å².